The Morgan fingerprint density at radius 1 is 1.18 bits per heavy atom. The number of hydrogen-bond acceptors (Lipinski definition) is 4. The van der Waals surface area contributed by atoms with Gasteiger partial charge in [0.15, 0.2) is 0 Å². The van der Waals surface area contributed by atoms with Gasteiger partial charge in [0.1, 0.15) is 11.5 Å². The normalized spacial score (nSPS) is 16.3. The summed E-state index contributed by atoms with van der Waals surface area (Å²) in [6.07, 6.45) is 6.72. The lowest BCUT2D eigenvalue weighted by Crippen LogP contribution is -2.28. The molecular weight excluding hydrogens is 298 g/mol. The number of hydrogen-bond donors (Lipinski definition) is 0. The Hall–Kier alpha value is -2.71. The highest BCUT2D eigenvalue weighted by Gasteiger charge is 2.34. The number of benzene rings is 1. The monoisotopic (exact) mass is 309 g/mol. The van der Waals surface area contributed by atoms with Crippen LogP contribution in [0.15, 0.2) is 51.8 Å². The summed E-state index contributed by atoms with van der Waals surface area (Å²) in [5.41, 5.74) is 0.947. The number of furan rings is 1. The summed E-state index contributed by atoms with van der Waals surface area (Å²) in [5.74, 6) is 3.14. The van der Waals surface area contributed by atoms with Crippen LogP contribution in [-0.2, 0) is 4.79 Å². The molecule has 0 spiro atoms. The Morgan fingerprint density at radius 2 is 1.95 bits per heavy atom. The first-order chi connectivity index (χ1) is 10.7. The third-order valence-electron chi connectivity index (χ3n) is 3.08. The van der Waals surface area contributed by atoms with Crippen LogP contribution < -0.4 is 0 Å². The van der Waals surface area contributed by atoms with Crippen molar-refractivity contribution in [2.24, 2.45) is 0 Å². The molecule has 1 aromatic carbocycles. The van der Waals surface area contributed by atoms with Gasteiger partial charge >= 0.3 is 0 Å². The van der Waals surface area contributed by atoms with Crippen molar-refractivity contribution in [3.05, 3.63) is 53.1 Å². The Bertz CT molecular complexity index is 799. The van der Waals surface area contributed by atoms with E-state index in [2.05, 4.69) is 5.92 Å². The largest absolute Gasteiger partial charge is 0.457 e. The molecular formula is C17H11NO3S. The second kappa shape index (κ2) is 5.96. The zero-order chi connectivity index (χ0) is 15.5. The van der Waals surface area contributed by atoms with E-state index in [1.54, 1.807) is 12.1 Å². The second-order valence-corrected chi connectivity index (χ2v) is 5.53. The van der Waals surface area contributed by atoms with E-state index in [0.717, 1.165) is 22.2 Å². The van der Waals surface area contributed by atoms with Crippen molar-refractivity contribution >= 4 is 29.0 Å². The maximum absolute atomic E-state index is 12.1. The highest BCUT2D eigenvalue weighted by Crippen LogP contribution is 2.33. The van der Waals surface area contributed by atoms with E-state index < -0.39 is 0 Å². The van der Waals surface area contributed by atoms with E-state index in [9.17, 15) is 9.59 Å². The zero-order valence-corrected chi connectivity index (χ0v) is 12.3. The van der Waals surface area contributed by atoms with Crippen molar-refractivity contribution in [2.45, 2.75) is 0 Å². The van der Waals surface area contributed by atoms with Crippen molar-refractivity contribution in [1.29, 1.82) is 0 Å². The van der Waals surface area contributed by atoms with E-state index in [1.807, 2.05) is 36.4 Å². The van der Waals surface area contributed by atoms with Crippen LogP contribution in [0.25, 0.3) is 17.4 Å². The molecule has 0 atom stereocenters. The minimum Gasteiger partial charge on any atom is -0.457 e. The maximum atomic E-state index is 12.1. The second-order valence-electron chi connectivity index (χ2n) is 4.54. The maximum Gasteiger partial charge on any atom is 0.294 e. The van der Waals surface area contributed by atoms with Gasteiger partial charge in [-0.3, -0.25) is 14.5 Å². The SMILES string of the molecule is C#CCN1C(=O)S/C(=C/c2ccc(-c3ccccc3)o2)C1=O. The van der Waals surface area contributed by atoms with Crippen LogP contribution >= 0.6 is 11.8 Å². The van der Waals surface area contributed by atoms with Crippen LogP contribution in [0.3, 0.4) is 0 Å². The lowest BCUT2D eigenvalue weighted by atomic mass is 10.2. The number of rotatable bonds is 3. The van der Waals surface area contributed by atoms with Gasteiger partial charge in [0.05, 0.1) is 11.4 Å². The van der Waals surface area contributed by atoms with Crippen molar-refractivity contribution < 1.29 is 14.0 Å². The number of imide groups is 1. The Balaban J connectivity index is 1.85. The number of carbonyl (C=O) groups is 2. The molecule has 1 fully saturated rings. The highest BCUT2D eigenvalue weighted by atomic mass is 32.2. The number of nitrogens with zero attached hydrogens (tertiary/aromatic N) is 1. The molecule has 5 heteroatoms. The molecule has 0 radical (unpaired) electrons. The fourth-order valence-electron chi connectivity index (χ4n) is 2.04. The average molecular weight is 309 g/mol. The Labute approximate surface area is 131 Å². The minimum absolute atomic E-state index is 0.0184. The van der Waals surface area contributed by atoms with E-state index in [-0.39, 0.29) is 17.7 Å². The van der Waals surface area contributed by atoms with Gasteiger partial charge in [-0.25, -0.2) is 0 Å². The number of thioether (sulfide) groups is 1. The summed E-state index contributed by atoms with van der Waals surface area (Å²) in [5, 5.41) is -0.357. The van der Waals surface area contributed by atoms with E-state index in [1.165, 1.54) is 0 Å². The summed E-state index contributed by atoms with van der Waals surface area (Å²) < 4.78 is 5.70. The first-order valence-corrected chi connectivity index (χ1v) is 7.35. The molecule has 1 aliphatic rings. The van der Waals surface area contributed by atoms with Gasteiger partial charge in [-0.15, -0.1) is 6.42 Å². The molecule has 4 nitrogen and oxygen atoms in total. The molecule has 0 saturated carbocycles. The molecule has 3 rings (SSSR count). The summed E-state index contributed by atoms with van der Waals surface area (Å²) in [7, 11) is 0. The average Bonchev–Trinajstić information content (AvgIpc) is 3.09. The molecule has 1 saturated heterocycles. The van der Waals surface area contributed by atoms with Crippen molar-refractivity contribution in [1.82, 2.24) is 4.90 Å². The number of carbonyl (C=O) groups excluding carboxylic acids is 2. The first kappa shape index (κ1) is 14.2. The third kappa shape index (κ3) is 2.69. The fraction of sp³-hybridized carbons (Fsp3) is 0.0588. The predicted octanol–water partition coefficient (Wildman–Crippen LogP) is 3.62. The molecule has 0 bridgehead atoms. The summed E-state index contributed by atoms with van der Waals surface area (Å²) in [4.78, 5) is 25.1. The van der Waals surface area contributed by atoms with Crippen LogP contribution in [0, 0.1) is 12.3 Å². The molecule has 0 N–H and O–H groups in total. The predicted molar refractivity (Wildman–Crippen MR) is 85.7 cm³/mol. The Kier molecular flexibility index (Phi) is 3.86. The van der Waals surface area contributed by atoms with Gasteiger partial charge in [-0.2, -0.15) is 0 Å². The molecule has 1 aliphatic heterocycles. The zero-order valence-electron chi connectivity index (χ0n) is 11.5. The quantitative estimate of drug-likeness (QED) is 0.642. The lowest BCUT2D eigenvalue weighted by molar-refractivity contribution is -0.122. The molecule has 2 heterocycles. The third-order valence-corrected chi connectivity index (χ3v) is 3.99. The van der Waals surface area contributed by atoms with Crippen LogP contribution in [-0.4, -0.2) is 22.6 Å². The van der Waals surface area contributed by atoms with E-state index >= 15 is 0 Å². The molecule has 0 aliphatic carbocycles. The Morgan fingerprint density at radius 3 is 2.68 bits per heavy atom. The van der Waals surface area contributed by atoms with Crippen molar-refractivity contribution in [3.8, 4) is 23.7 Å². The van der Waals surface area contributed by atoms with Crippen LogP contribution in [0.2, 0.25) is 0 Å². The van der Waals surface area contributed by atoms with E-state index in [0.29, 0.717) is 16.4 Å². The summed E-state index contributed by atoms with van der Waals surface area (Å²) >= 11 is 0.865. The molecule has 22 heavy (non-hydrogen) atoms. The van der Waals surface area contributed by atoms with Crippen LogP contribution in [0.4, 0.5) is 4.79 Å². The molecule has 2 amide bonds. The van der Waals surface area contributed by atoms with Gasteiger partial charge in [0, 0.05) is 11.6 Å². The number of amides is 2. The summed E-state index contributed by atoms with van der Waals surface area (Å²) in [6.45, 7) is -0.0184. The van der Waals surface area contributed by atoms with Gasteiger partial charge in [0.2, 0.25) is 0 Å². The van der Waals surface area contributed by atoms with Gasteiger partial charge in [-0.05, 0) is 23.9 Å². The molecule has 2 aromatic rings. The lowest BCUT2D eigenvalue weighted by Gasteiger charge is -2.06. The van der Waals surface area contributed by atoms with E-state index in [4.69, 9.17) is 10.8 Å². The number of terminal acetylenes is 1. The van der Waals surface area contributed by atoms with Gasteiger partial charge < -0.3 is 4.42 Å². The first-order valence-electron chi connectivity index (χ1n) is 6.53. The van der Waals surface area contributed by atoms with Gasteiger partial charge in [-0.1, -0.05) is 36.3 Å². The molecule has 108 valence electrons. The molecule has 0 unspecified atom stereocenters. The van der Waals surface area contributed by atoms with Crippen LogP contribution in [0.1, 0.15) is 5.76 Å². The van der Waals surface area contributed by atoms with Gasteiger partial charge in [0.25, 0.3) is 11.1 Å². The fourth-order valence-corrected chi connectivity index (χ4v) is 2.86. The van der Waals surface area contributed by atoms with Crippen molar-refractivity contribution in [3.63, 3.8) is 0 Å². The van der Waals surface area contributed by atoms with Crippen molar-refractivity contribution in [2.75, 3.05) is 6.54 Å². The summed E-state index contributed by atoms with van der Waals surface area (Å²) in [6, 6.07) is 13.2. The highest BCUT2D eigenvalue weighted by molar-refractivity contribution is 8.18. The standard InChI is InChI=1S/C17H11NO3S/c1-2-10-18-16(19)15(22-17(18)20)11-13-8-9-14(21-13)12-6-4-3-5-7-12/h1,3-9,11H,10H2/b15-11+. The van der Waals surface area contributed by atoms with Crippen LogP contribution in [0.5, 0.6) is 0 Å². The topological polar surface area (TPSA) is 50.5 Å². The smallest absolute Gasteiger partial charge is 0.294 e. The molecule has 1 aromatic heterocycles. The minimum atomic E-state index is -0.384.